The summed E-state index contributed by atoms with van der Waals surface area (Å²) >= 11 is 9.30. The van der Waals surface area contributed by atoms with Gasteiger partial charge in [-0.2, -0.15) is 0 Å². The lowest BCUT2D eigenvalue weighted by molar-refractivity contribution is 0.473. The lowest BCUT2D eigenvalue weighted by Gasteiger charge is -2.00. The molecule has 2 rings (SSSR count). The fraction of sp³-hybridized carbons (Fsp3) is 0.200. The Balaban J connectivity index is 2.46. The average Bonchev–Trinajstić information content (AvgIpc) is 2.70. The van der Waals surface area contributed by atoms with Gasteiger partial charge in [0.15, 0.2) is 0 Å². The molecule has 0 bridgehead atoms. The molecule has 0 spiro atoms. The first-order chi connectivity index (χ1) is 7.58. The molecule has 1 atom stereocenters. The SMILES string of the molecule is CC(N)c1nnc(-c2cc(Cl)ccc2Br)o1. The van der Waals surface area contributed by atoms with Gasteiger partial charge < -0.3 is 10.2 Å². The maximum atomic E-state index is 5.90. The molecule has 0 aliphatic rings. The monoisotopic (exact) mass is 301 g/mol. The quantitative estimate of drug-likeness (QED) is 0.925. The Labute approximate surface area is 106 Å². The van der Waals surface area contributed by atoms with Gasteiger partial charge in [-0.05, 0) is 41.1 Å². The zero-order valence-corrected chi connectivity index (χ0v) is 10.8. The number of rotatable bonds is 2. The van der Waals surface area contributed by atoms with Gasteiger partial charge >= 0.3 is 0 Å². The van der Waals surface area contributed by atoms with Gasteiger partial charge in [0, 0.05) is 9.50 Å². The summed E-state index contributed by atoms with van der Waals surface area (Å²) in [5.74, 6) is 0.809. The van der Waals surface area contributed by atoms with Gasteiger partial charge in [0.2, 0.25) is 11.8 Å². The van der Waals surface area contributed by atoms with Crippen LogP contribution < -0.4 is 5.73 Å². The normalized spacial score (nSPS) is 12.8. The molecule has 16 heavy (non-hydrogen) atoms. The molecule has 1 heterocycles. The predicted molar refractivity (Wildman–Crippen MR) is 65.0 cm³/mol. The molecule has 0 saturated carbocycles. The molecular formula is C10H9BrClN3O. The minimum atomic E-state index is -0.279. The van der Waals surface area contributed by atoms with Gasteiger partial charge in [0.05, 0.1) is 11.6 Å². The summed E-state index contributed by atoms with van der Waals surface area (Å²) in [5, 5.41) is 8.39. The minimum Gasteiger partial charge on any atom is -0.419 e. The van der Waals surface area contributed by atoms with Crippen molar-refractivity contribution < 1.29 is 4.42 Å². The van der Waals surface area contributed by atoms with Crippen molar-refractivity contribution in [3.63, 3.8) is 0 Å². The second kappa shape index (κ2) is 4.53. The van der Waals surface area contributed by atoms with Crippen molar-refractivity contribution in [3.8, 4) is 11.5 Å². The predicted octanol–water partition coefficient (Wildman–Crippen LogP) is 3.17. The molecule has 84 valence electrons. The van der Waals surface area contributed by atoms with Crippen molar-refractivity contribution in [2.24, 2.45) is 5.73 Å². The third-order valence-electron chi connectivity index (χ3n) is 1.99. The summed E-state index contributed by atoms with van der Waals surface area (Å²) < 4.78 is 6.28. The van der Waals surface area contributed by atoms with Crippen LogP contribution >= 0.6 is 27.5 Å². The van der Waals surface area contributed by atoms with E-state index in [0.29, 0.717) is 16.8 Å². The molecule has 2 aromatic rings. The number of hydrogen-bond donors (Lipinski definition) is 1. The van der Waals surface area contributed by atoms with E-state index < -0.39 is 0 Å². The Hall–Kier alpha value is -0.910. The van der Waals surface area contributed by atoms with Crippen molar-refractivity contribution in [1.82, 2.24) is 10.2 Å². The van der Waals surface area contributed by atoms with Gasteiger partial charge in [-0.15, -0.1) is 10.2 Å². The van der Waals surface area contributed by atoms with Crippen LogP contribution in [0.15, 0.2) is 27.1 Å². The van der Waals surface area contributed by atoms with Gasteiger partial charge in [-0.25, -0.2) is 0 Å². The maximum absolute atomic E-state index is 5.90. The third-order valence-corrected chi connectivity index (χ3v) is 2.92. The number of benzene rings is 1. The maximum Gasteiger partial charge on any atom is 0.249 e. The smallest absolute Gasteiger partial charge is 0.249 e. The highest BCUT2D eigenvalue weighted by molar-refractivity contribution is 9.10. The molecular weight excluding hydrogens is 293 g/mol. The van der Waals surface area contributed by atoms with Crippen LogP contribution in [0.5, 0.6) is 0 Å². The van der Waals surface area contributed by atoms with E-state index in [1.165, 1.54) is 0 Å². The molecule has 0 aliphatic heterocycles. The van der Waals surface area contributed by atoms with E-state index in [2.05, 4.69) is 26.1 Å². The van der Waals surface area contributed by atoms with Crippen LogP contribution in [0.4, 0.5) is 0 Å². The molecule has 0 amide bonds. The van der Waals surface area contributed by atoms with E-state index in [0.717, 1.165) is 10.0 Å². The molecule has 0 aliphatic carbocycles. The molecule has 0 saturated heterocycles. The van der Waals surface area contributed by atoms with E-state index in [-0.39, 0.29) is 6.04 Å². The number of halogens is 2. The Kier molecular flexibility index (Phi) is 3.28. The van der Waals surface area contributed by atoms with Gasteiger partial charge in [-0.1, -0.05) is 11.6 Å². The van der Waals surface area contributed by atoms with Crippen LogP contribution in [-0.4, -0.2) is 10.2 Å². The number of nitrogens with zero attached hydrogens (tertiary/aromatic N) is 2. The summed E-state index contributed by atoms with van der Waals surface area (Å²) in [6.45, 7) is 1.78. The Morgan fingerprint density at radius 2 is 2.19 bits per heavy atom. The van der Waals surface area contributed by atoms with Gasteiger partial charge in [0.25, 0.3) is 0 Å². The van der Waals surface area contributed by atoms with E-state index >= 15 is 0 Å². The second-order valence-electron chi connectivity index (χ2n) is 3.36. The molecule has 1 aromatic heterocycles. The summed E-state index contributed by atoms with van der Waals surface area (Å²) in [6.07, 6.45) is 0. The summed E-state index contributed by atoms with van der Waals surface area (Å²) in [4.78, 5) is 0. The number of aromatic nitrogens is 2. The fourth-order valence-corrected chi connectivity index (χ4v) is 1.78. The molecule has 0 fully saturated rings. The molecule has 6 heteroatoms. The third kappa shape index (κ3) is 2.26. The van der Waals surface area contributed by atoms with Crippen molar-refractivity contribution in [3.05, 3.63) is 33.6 Å². The lowest BCUT2D eigenvalue weighted by Crippen LogP contribution is -2.04. The molecule has 1 unspecified atom stereocenters. The topological polar surface area (TPSA) is 64.9 Å². The van der Waals surface area contributed by atoms with Crippen molar-refractivity contribution in [2.75, 3.05) is 0 Å². The number of nitrogens with two attached hydrogens (primary N) is 1. The van der Waals surface area contributed by atoms with Gasteiger partial charge in [-0.3, -0.25) is 0 Å². The van der Waals surface area contributed by atoms with E-state index in [1.54, 1.807) is 19.1 Å². The Morgan fingerprint density at radius 3 is 2.81 bits per heavy atom. The highest BCUT2D eigenvalue weighted by Gasteiger charge is 2.14. The highest BCUT2D eigenvalue weighted by atomic mass is 79.9. The fourth-order valence-electron chi connectivity index (χ4n) is 1.19. The van der Waals surface area contributed by atoms with E-state index in [4.69, 9.17) is 21.8 Å². The van der Waals surface area contributed by atoms with Crippen molar-refractivity contribution >= 4 is 27.5 Å². The van der Waals surface area contributed by atoms with E-state index in [1.807, 2.05) is 6.07 Å². The van der Waals surface area contributed by atoms with Crippen LogP contribution in [-0.2, 0) is 0 Å². The number of hydrogen-bond acceptors (Lipinski definition) is 4. The van der Waals surface area contributed by atoms with E-state index in [9.17, 15) is 0 Å². The lowest BCUT2D eigenvalue weighted by atomic mass is 10.2. The van der Waals surface area contributed by atoms with Crippen molar-refractivity contribution in [1.29, 1.82) is 0 Å². The zero-order chi connectivity index (χ0) is 11.7. The zero-order valence-electron chi connectivity index (χ0n) is 8.45. The Bertz CT molecular complexity index is 513. The first kappa shape index (κ1) is 11.6. The minimum absolute atomic E-state index is 0.279. The largest absolute Gasteiger partial charge is 0.419 e. The Morgan fingerprint density at radius 1 is 1.44 bits per heavy atom. The van der Waals surface area contributed by atoms with Crippen LogP contribution in [0.25, 0.3) is 11.5 Å². The van der Waals surface area contributed by atoms with Crippen LogP contribution in [0, 0.1) is 0 Å². The highest BCUT2D eigenvalue weighted by Crippen LogP contribution is 2.30. The van der Waals surface area contributed by atoms with Gasteiger partial charge in [0.1, 0.15) is 0 Å². The van der Waals surface area contributed by atoms with Crippen LogP contribution in [0.3, 0.4) is 0 Å². The first-order valence-corrected chi connectivity index (χ1v) is 5.79. The average molecular weight is 303 g/mol. The van der Waals surface area contributed by atoms with Crippen LogP contribution in [0.1, 0.15) is 18.9 Å². The molecule has 2 N–H and O–H groups in total. The van der Waals surface area contributed by atoms with Crippen molar-refractivity contribution in [2.45, 2.75) is 13.0 Å². The summed E-state index contributed by atoms with van der Waals surface area (Å²) in [5.41, 5.74) is 6.40. The second-order valence-corrected chi connectivity index (χ2v) is 4.65. The molecule has 1 aromatic carbocycles. The molecule has 4 nitrogen and oxygen atoms in total. The summed E-state index contributed by atoms with van der Waals surface area (Å²) in [6, 6.07) is 5.08. The molecule has 0 radical (unpaired) electrons. The standard InChI is InChI=1S/C10H9BrClN3O/c1-5(13)9-14-15-10(16-9)7-4-6(12)2-3-8(7)11/h2-5H,13H2,1H3. The van der Waals surface area contributed by atoms with Crippen LogP contribution in [0.2, 0.25) is 5.02 Å². The first-order valence-electron chi connectivity index (χ1n) is 4.62. The summed E-state index contributed by atoms with van der Waals surface area (Å²) in [7, 11) is 0.